The zero-order valence-corrected chi connectivity index (χ0v) is 7.75. The molecule has 0 spiro atoms. The Balaban J connectivity index is 2.19. The first kappa shape index (κ1) is 8.94. The minimum atomic E-state index is -0.862. The Kier molecular flexibility index (Phi) is 2.02. The van der Waals surface area contributed by atoms with Crippen LogP contribution in [-0.2, 0) is 9.53 Å². The second-order valence-electron chi connectivity index (χ2n) is 3.96. The first-order valence-corrected chi connectivity index (χ1v) is 4.61. The highest BCUT2D eigenvalue weighted by Gasteiger charge is 2.52. The van der Waals surface area contributed by atoms with Crippen molar-refractivity contribution in [1.82, 2.24) is 4.90 Å². The zero-order valence-electron chi connectivity index (χ0n) is 7.75. The van der Waals surface area contributed by atoms with E-state index in [2.05, 4.69) is 0 Å². The van der Waals surface area contributed by atoms with Gasteiger partial charge in [0.2, 0.25) is 5.91 Å². The number of hydrogen-bond acceptors (Lipinski definition) is 2. The predicted molar refractivity (Wildman–Crippen MR) is 45.1 cm³/mol. The third-order valence-electron chi connectivity index (χ3n) is 3.07. The van der Waals surface area contributed by atoms with Crippen molar-refractivity contribution < 1.29 is 13.9 Å². The van der Waals surface area contributed by atoms with E-state index in [0.717, 1.165) is 6.42 Å². The van der Waals surface area contributed by atoms with E-state index in [1.807, 2.05) is 0 Å². The number of nitrogens with zero attached hydrogens (tertiary/aromatic N) is 1. The molecule has 0 aromatic heterocycles. The molecular weight excluding hydrogens is 173 g/mol. The number of amides is 1. The van der Waals surface area contributed by atoms with E-state index in [0.29, 0.717) is 19.4 Å². The Bertz CT molecular complexity index is 234. The van der Waals surface area contributed by atoms with Gasteiger partial charge in [0.15, 0.2) is 0 Å². The van der Waals surface area contributed by atoms with Crippen LogP contribution in [0.15, 0.2) is 0 Å². The summed E-state index contributed by atoms with van der Waals surface area (Å²) < 4.78 is 18.2. The fraction of sp³-hybridized carbons (Fsp3) is 0.889. The molecule has 74 valence electrons. The zero-order chi connectivity index (χ0) is 9.47. The summed E-state index contributed by atoms with van der Waals surface area (Å²) in [5.74, 6) is 0.0807. The lowest BCUT2D eigenvalue weighted by atomic mass is 9.95. The van der Waals surface area contributed by atoms with Crippen molar-refractivity contribution in [3.8, 4) is 0 Å². The second-order valence-corrected chi connectivity index (χ2v) is 3.96. The van der Waals surface area contributed by atoms with E-state index in [9.17, 15) is 9.18 Å². The molecule has 2 heterocycles. The molecule has 0 radical (unpaired) electrons. The molecular formula is C9H14FNO2. The maximum atomic E-state index is 13.1. The number of ether oxygens (including phenoxy) is 1. The van der Waals surface area contributed by atoms with Gasteiger partial charge in [-0.1, -0.05) is 0 Å². The van der Waals surface area contributed by atoms with Gasteiger partial charge in [0.05, 0.1) is 18.7 Å². The Hall–Kier alpha value is -0.640. The van der Waals surface area contributed by atoms with Crippen LogP contribution in [0, 0.1) is 0 Å². The van der Waals surface area contributed by atoms with E-state index in [4.69, 9.17) is 4.74 Å². The predicted octanol–water partition coefficient (Wildman–Crippen LogP) is 0.736. The summed E-state index contributed by atoms with van der Waals surface area (Å²) in [5, 5.41) is 0. The number of rotatable bonds is 2. The van der Waals surface area contributed by atoms with Crippen molar-refractivity contribution in [3.63, 3.8) is 0 Å². The van der Waals surface area contributed by atoms with Gasteiger partial charge in [-0.25, -0.2) is 4.39 Å². The highest BCUT2D eigenvalue weighted by atomic mass is 19.1. The van der Waals surface area contributed by atoms with Gasteiger partial charge in [0.1, 0.15) is 6.17 Å². The van der Waals surface area contributed by atoms with Crippen LogP contribution in [0.1, 0.15) is 19.3 Å². The van der Waals surface area contributed by atoms with E-state index < -0.39 is 6.17 Å². The Labute approximate surface area is 76.8 Å². The maximum Gasteiger partial charge on any atom is 0.223 e. The number of hydrogen-bond donors (Lipinski definition) is 0. The van der Waals surface area contributed by atoms with Crippen LogP contribution in [0.3, 0.4) is 0 Å². The summed E-state index contributed by atoms with van der Waals surface area (Å²) in [4.78, 5) is 13.1. The molecule has 0 unspecified atom stereocenters. The molecule has 2 saturated heterocycles. The van der Waals surface area contributed by atoms with Gasteiger partial charge in [0.25, 0.3) is 0 Å². The topological polar surface area (TPSA) is 29.5 Å². The molecule has 0 aliphatic carbocycles. The van der Waals surface area contributed by atoms with E-state index >= 15 is 0 Å². The first-order valence-electron chi connectivity index (χ1n) is 4.61. The van der Waals surface area contributed by atoms with Gasteiger partial charge in [-0.3, -0.25) is 4.79 Å². The van der Waals surface area contributed by atoms with Crippen LogP contribution >= 0.6 is 0 Å². The minimum Gasteiger partial charge on any atom is -0.382 e. The monoisotopic (exact) mass is 187 g/mol. The second kappa shape index (κ2) is 2.94. The van der Waals surface area contributed by atoms with Crippen LogP contribution in [0.2, 0.25) is 0 Å². The Morgan fingerprint density at radius 1 is 1.77 bits per heavy atom. The fourth-order valence-electron chi connectivity index (χ4n) is 2.53. The van der Waals surface area contributed by atoms with E-state index in [1.165, 1.54) is 0 Å². The summed E-state index contributed by atoms with van der Waals surface area (Å²) in [5.41, 5.74) is -0.314. The van der Waals surface area contributed by atoms with Crippen molar-refractivity contribution in [3.05, 3.63) is 0 Å². The molecule has 13 heavy (non-hydrogen) atoms. The lowest BCUT2D eigenvalue weighted by Gasteiger charge is -2.30. The molecule has 3 nitrogen and oxygen atoms in total. The van der Waals surface area contributed by atoms with Crippen LogP contribution in [0.4, 0.5) is 4.39 Å². The maximum absolute atomic E-state index is 13.1. The summed E-state index contributed by atoms with van der Waals surface area (Å²) in [7, 11) is 1.60. The van der Waals surface area contributed by atoms with E-state index in [-0.39, 0.29) is 18.0 Å². The molecule has 4 heteroatoms. The smallest absolute Gasteiger partial charge is 0.223 e. The molecule has 0 saturated carbocycles. The normalized spacial score (nSPS) is 38.5. The third-order valence-corrected chi connectivity index (χ3v) is 3.07. The molecule has 2 aliphatic heterocycles. The third kappa shape index (κ3) is 1.24. The van der Waals surface area contributed by atoms with Crippen molar-refractivity contribution in [2.75, 3.05) is 20.3 Å². The van der Waals surface area contributed by atoms with Crippen LogP contribution in [-0.4, -0.2) is 42.8 Å². The lowest BCUT2D eigenvalue weighted by molar-refractivity contribution is -0.130. The van der Waals surface area contributed by atoms with Gasteiger partial charge in [-0.15, -0.1) is 0 Å². The largest absolute Gasteiger partial charge is 0.382 e. The highest BCUT2D eigenvalue weighted by Crippen LogP contribution is 2.40. The standard InChI is InChI=1S/C9H14FNO2/c1-13-6-9-3-2-8(12)11(9)5-7(10)4-9/h7H,2-6H2,1H3/t7-,9+/m1/s1. The van der Waals surface area contributed by atoms with Crippen molar-refractivity contribution in [2.24, 2.45) is 0 Å². The fourth-order valence-corrected chi connectivity index (χ4v) is 2.53. The number of carbonyl (C=O) groups excluding carboxylic acids is 1. The first-order chi connectivity index (χ1) is 6.18. The minimum absolute atomic E-state index is 0.0807. The highest BCUT2D eigenvalue weighted by molar-refractivity contribution is 5.80. The summed E-state index contributed by atoms with van der Waals surface area (Å²) >= 11 is 0. The molecule has 2 aliphatic rings. The Morgan fingerprint density at radius 3 is 3.23 bits per heavy atom. The van der Waals surface area contributed by atoms with Gasteiger partial charge < -0.3 is 9.64 Å². The molecule has 0 N–H and O–H groups in total. The number of halogens is 1. The van der Waals surface area contributed by atoms with Gasteiger partial charge in [0, 0.05) is 20.0 Å². The molecule has 1 amide bonds. The lowest BCUT2D eigenvalue weighted by Crippen LogP contribution is -2.43. The van der Waals surface area contributed by atoms with Crippen molar-refractivity contribution in [2.45, 2.75) is 31.0 Å². The SMILES string of the molecule is COC[C@@]12CCC(=O)N1C[C@H](F)C2. The van der Waals surface area contributed by atoms with Crippen molar-refractivity contribution >= 4 is 5.91 Å². The van der Waals surface area contributed by atoms with E-state index in [1.54, 1.807) is 12.0 Å². The Morgan fingerprint density at radius 2 is 2.54 bits per heavy atom. The summed E-state index contributed by atoms with van der Waals surface area (Å²) in [6.45, 7) is 0.737. The van der Waals surface area contributed by atoms with Crippen LogP contribution < -0.4 is 0 Å². The van der Waals surface area contributed by atoms with Gasteiger partial charge in [-0.05, 0) is 6.42 Å². The quantitative estimate of drug-likeness (QED) is 0.638. The number of alkyl halides is 1. The average molecular weight is 187 g/mol. The number of carbonyl (C=O) groups is 1. The number of methoxy groups -OCH3 is 1. The van der Waals surface area contributed by atoms with Crippen LogP contribution in [0.5, 0.6) is 0 Å². The molecule has 0 aromatic rings. The van der Waals surface area contributed by atoms with Crippen LogP contribution in [0.25, 0.3) is 0 Å². The molecule has 2 fully saturated rings. The van der Waals surface area contributed by atoms with Crippen molar-refractivity contribution in [1.29, 1.82) is 0 Å². The number of fused-ring (bicyclic) bond motifs is 1. The molecule has 2 rings (SSSR count). The molecule has 0 aromatic carbocycles. The summed E-state index contributed by atoms with van der Waals surface area (Å²) in [6.07, 6.45) is 0.891. The van der Waals surface area contributed by atoms with Gasteiger partial charge >= 0.3 is 0 Å². The average Bonchev–Trinajstić information content (AvgIpc) is 2.51. The van der Waals surface area contributed by atoms with Gasteiger partial charge in [-0.2, -0.15) is 0 Å². The molecule has 0 bridgehead atoms. The molecule has 2 atom stereocenters. The summed E-state index contributed by atoms with van der Waals surface area (Å²) in [6, 6.07) is 0.